The molecule has 1 heterocycles. The molecule has 3 heteroatoms. The minimum atomic E-state index is 0.385. The Labute approximate surface area is 68.5 Å². The van der Waals surface area contributed by atoms with E-state index >= 15 is 0 Å². The monoisotopic (exact) mass is 158 g/mol. The molecule has 1 fully saturated rings. The predicted octanol–water partition coefficient (Wildman–Crippen LogP) is 0.322. The van der Waals surface area contributed by atoms with Crippen LogP contribution in [0.1, 0.15) is 19.8 Å². The SMILES string of the molecule is CCCCNC1COCCN1. The highest BCUT2D eigenvalue weighted by atomic mass is 16.5. The third-order valence-corrected chi connectivity index (χ3v) is 1.84. The highest BCUT2D eigenvalue weighted by molar-refractivity contribution is 4.66. The fourth-order valence-electron chi connectivity index (χ4n) is 1.15. The molecule has 0 saturated carbocycles. The zero-order chi connectivity index (χ0) is 7.94. The van der Waals surface area contributed by atoms with Gasteiger partial charge in [0.2, 0.25) is 0 Å². The van der Waals surface area contributed by atoms with Crippen molar-refractivity contribution >= 4 is 0 Å². The number of hydrogen-bond acceptors (Lipinski definition) is 3. The molecular formula is C8H18N2O. The summed E-state index contributed by atoms with van der Waals surface area (Å²) in [6.07, 6.45) is 2.88. The normalized spacial score (nSPS) is 25.4. The van der Waals surface area contributed by atoms with Crippen molar-refractivity contribution in [2.75, 3.05) is 26.3 Å². The predicted molar refractivity (Wildman–Crippen MR) is 45.5 cm³/mol. The molecular weight excluding hydrogens is 140 g/mol. The van der Waals surface area contributed by atoms with Crippen LogP contribution in [0.25, 0.3) is 0 Å². The van der Waals surface area contributed by atoms with Gasteiger partial charge in [-0.3, -0.25) is 10.6 Å². The molecule has 1 aliphatic rings. The van der Waals surface area contributed by atoms with E-state index in [-0.39, 0.29) is 0 Å². The molecule has 0 aromatic carbocycles. The number of morpholine rings is 1. The molecule has 0 aliphatic carbocycles. The Bertz CT molecular complexity index is 92.1. The van der Waals surface area contributed by atoms with Gasteiger partial charge in [-0.1, -0.05) is 13.3 Å². The lowest BCUT2D eigenvalue weighted by molar-refractivity contribution is 0.0659. The molecule has 0 aromatic heterocycles. The molecule has 0 spiro atoms. The second kappa shape index (κ2) is 5.52. The van der Waals surface area contributed by atoms with Crippen molar-refractivity contribution in [1.82, 2.24) is 10.6 Å². The van der Waals surface area contributed by atoms with Crippen LogP contribution in [0.4, 0.5) is 0 Å². The summed E-state index contributed by atoms with van der Waals surface area (Å²) in [5.41, 5.74) is 0. The van der Waals surface area contributed by atoms with E-state index in [1.54, 1.807) is 0 Å². The number of rotatable bonds is 4. The van der Waals surface area contributed by atoms with E-state index in [0.717, 1.165) is 26.3 Å². The van der Waals surface area contributed by atoms with E-state index in [1.807, 2.05) is 0 Å². The Hall–Kier alpha value is -0.120. The molecule has 11 heavy (non-hydrogen) atoms. The number of nitrogens with one attached hydrogen (secondary N) is 2. The fraction of sp³-hybridized carbons (Fsp3) is 1.00. The van der Waals surface area contributed by atoms with E-state index in [4.69, 9.17) is 4.74 Å². The molecule has 0 amide bonds. The van der Waals surface area contributed by atoms with Gasteiger partial charge in [0.25, 0.3) is 0 Å². The molecule has 0 bridgehead atoms. The summed E-state index contributed by atoms with van der Waals surface area (Å²) in [7, 11) is 0. The number of hydrogen-bond donors (Lipinski definition) is 2. The van der Waals surface area contributed by atoms with Crippen molar-refractivity contribution < 1.29 is 4.74 Å². The van der Waals surface area contributed by atoms with Gasteiger partial charge in [-0.2, -0.15) is 0 Å². The third kappa shape index (κ3) is 3.70. The van der Waals surface area contributed by atoms with Crippen LogP contribution in [0.3, 0.4) is 0 Å². The standard InChI is InChI=1S/C8H18N2O/c1-2-3-4-9-8-7-11-6-5-10-8/h8-10H,2-7H2,1H3. The van der Waals surface area contributed by atoms with Crippen molar-refractivity contribution in [1.29, 1.82) is 0 Å². The Kier molecular flexibility index (Phi) is 4.50. The van der Waals surface area contributed by atoms with E-state index < -0.39 is 0 Å². The molecule has 3 nitrogen and oxygen atoms in total. The molecule has 1 aliphatic heterocycles. The molecule has 0 radical (unpaired) electrons. The Morgan fingerprint density at radius 1 is 1.64 bits per heavy atom. The van der Waals surface area contributed by atoms with Gasteiger partial charge in [-0.15, -0.1) is 0 Å². The highest BCUT2D eigenvalue weighted by Gasteiger charge is 2.10. The molecule has 1 saturated heterocycles. The molecule has 2 N–H and O–H groups in total. The van der Waals surface area contributed by atoms with Gasteiger partial charge in [0.15, 0.2) is 0 Å². The maximum absolute atomic E-state index is 5.29. The molecule has 1 rings (SSSR count). The lowest BCUT2D eigenvalue weighted by Crippen LogP contribution is -2.50. The quantitative estimate of drug-likeness (QED) is 0.578. The number of ether oxygens (including phenoxy) is 1. The largest absolute Gasteiger partial charge is 0.377 e. The highest BCUT2D eigenvalue weighted by Crippen LogP contribution is 1.90. The van der Waals surface area contributed by atoms with Crippen LogP contribution in [0, 0.1) is 0 Å². The first-order chi connectivity index (χ1) is 5.43. The van der Waals surface area contributed by atoms with Gasteiger partial charge in [0.1, 0.15) is 0 Å². The molecule has 66 valence electrons. The smallest absolute Gasteiger partial charge is 0.0814 e. The first-order valence-corrected chi connectivity index (χ1v) is 4.48. The van der Waals surface area contributed by atoms with Crippen LogP contribution in [0.2, 0.25) is 0 Å². The lowest BCUT2D eigenvalue weighted by atomic mass is 10.3. The fourth-order valence-corrected chi connectivity index (χ4v) is 1.15. The zero-order valence-corrected chi connectivity index (χ0v) is 7.23. The van der Waals surface area contributed by atoms with Crippen LogP contribution in [0.15, 0.2) is 0 Å². The average Bonchev–Trinajstić information content (AvgIpc) is 2.07. The Morgan fingerprint density at radius 3 is 3.18 bits per heavy atom. The van der Waals surface area contributed by atoms with Gasteiger partial charge in [-0.25, -0.2) is 0 Å². The van der Waals surface area contributed by atoms with E-state index in [1.165, 1.54) is 12.8 Å². The van der Waals surface area contributed by atoms with Crippen molar-refractivity contribution in [2.45, 2.75) is 25.9 Å². The third-order valence-electron chi connectivity index (χ3n) is 1.84. The van der Waals surface area contributed by atoms with Gasteiger partial charge >= 0.3 is 0 Å². The van der Waals surface area contributed by atoms with Gasteiger partial charge in [-0.05, 0) is 13.0 Å². The summed E-state index contributed by atoms with van der Waals surface area (Å²) in [6.45, 7) is 5.93. The summed E-state index contributed by atoms with van der Waals surface area (Å²) in [5, 5.41) is 6.73. The summed E-state index contributed by atoms with van der Waals surface area (Å²) in [4.78, 5) is 0. The summed E-state index contributed by atoms with van der Waals surface area (Å²) in [6, 6.07) is 0. The molecule has 1 atom stereocenters. The Morgan fingerprint density at radius 2 is 2.55 bits per heavy atom. The second-order valence-electron chi connectivity index (χ2n) is 2.89. The van der Waals surface area contributed by atoms with Crippen LogP contribution < -0.4 is 10.6 Å². The Balaban J connectivity index is 1.96. The van der Waals surface area contributed by atoms with Crippen LogP contribution in [-0.2, 0) is 4.74 Å². The summed E-state index contributed by atoms with van der Waals surface area (Å²) in [5.74, 6) is 0. The van der Waals surface area contributed by atoms with E-state index in [9.17, 15) is 0 Å². The lowest BCUT2D eigenvalue weighted by Gasteiger charge is -2.24. The van der Waals surface area contributed by atoms with E-state index in [2.05, 4.69) is 17.6 Å². The van der Waals surface area contributed by atoms with Crippen LogP contribution in [0.5, 0.6) is 0 Å². The topological polar surface area (TPSA) is 33.3 Å². The van der Waals surface area contributed by atoms with Crippen molar-refractivity contribution in [3.05, 3.63) is 0 Å². The van der Waals surface area contributed by atoms with Gasteiger partial charge in [0.05, 0.1) is 19.4 Å². The van der Waals surface area contributed by atoms with Gasteiger partial charge in [0, 0.05) is 6.54 Å². The first kappa shape index (κ1) is 8.97. The summed E-state index contributed by atoms with van der Waals surface area (Å²) < 4.78 is 5.29. The van der Waals surface area contributed by atoms with E-state index in [0.29, 0.717) is 6.17 Å². The average molecular weight is 158 g/mol. The minimum absolute atomic E-state index is 0.385. The second-order valence-corrected chi connectivity index (χ2v) is 2.89. The van der Waals surface area contributed by atoms with Gasteiger partial charge < -0.3 is 4.74 Å². The first-order valence-electron chi connectivity index (χ1n) is 4.48. The van der Waals surface area contributed by atoms with Crippen LogP contribution in [-0.4, -0.2) is 32.5 Å². The molecule has 1 unspecified atom stereocenters. The minimum Gasteiger partial charge on any atom is -0.377 e. The zero-order valence-electron chi connectivity index (χ0n) is 7.23. The van der Waals surface area contributed by atoms with Crippen LogP contribution >= 0.6 is 0 Å². The molecule has 0 aromatic rings. The number of unbranched alkanes of at least 4 members (excludes halogenated alkanes) is 1. The van der Waals surface area contributed by atoms with Crippen molar-refractivity contribution in [3.63, 3.8) is 0 Å². The van der Waals surface area contributed by atoms with Crippen molar-refractivity contribution in [3.8, 4) is 0 Å². The summed E-state index contributed by atoms with van der Waals surface area (Å²) >= 11 is 0. The maximum Gasteiger partial charge on any atom is 0.0814 e. The maximum atomic E-state index is 5.29. The van der Waals surface area contributed by atoms with Crippen molar-refractivity contribution in [2.24, 2.45) is 0 Å².